The molecule has 3 N–H and O–H groups in total. The molecule has 0 fully saturated rings. The maximum atomic E-state index is 5.85. The van der Waals surface area contributed by atoms with Gasteiger partial charge in [0.25, 0.3) is 0 Å². The third-order valence-corrected chi connectivity index (χ3v) is 4.09. The predicted molar refractivity (Wildman–Crippen MR) is 73.6 cm³/mol. The highest BCUT2D eigenvalue weighted by atomic mass is 32.1. The number of nitrogen functional groups attached to an aromatic ring is 1. The topological polar surface area (TPSA) is 38.0 Å². The van der Waals surface area contributed by atoms with Gasteiger partial charge in [0.2, 0.25) is 0 Å². The van der Waals surface area contributed by atoms with Gasteiger partial charge in [0.1, 0.15) is 0 Å². The molecule has 0 unspecified atom stereocenters. The molecular weight excluding hydrogens is 216 g/mol. The van der Waals surface area contributed by atoms with E-state index in [1.165, 1.54) is 4.88 Å². The Bertz CT molecular complexity index is 297. The molecule has 16 heavy (non-hydrogen) atoms. The van der Waals surface area contributed by atoms with Gasteiger partial charge in [-0.2, -0.15) is 0 Å². The molecular formula is C13H24N2S. The first-order chi connectivity index (χ1) is 7.52. The van der Waals surface area contributed by atoms with E-state index in [0.29, 0.717) is 0 Å². The fourth-order valence-electron chi connectivity index (χ4n) is 2.09. The number of anilines is 1. The van der Waals surface area contributed by atoms with Crippen LogP contribution in [0.25, 0.3) is 0 Å². The Hall–Kier alpha value is -0.540. The van der Waals surface area contributed by atoms with Crippen molar-refractivity contribution in [3.8, 4) is 0 Å². The molecule has 92 valence electrons. The summed E-state index contributed by atoms with van der Waals surface area (Å²) in [6.45, 7) is 11.2. The highest BCUT2D eigenvalue weighted by Gasteiger charge is 2.16. The SMILES string of the molecule is CC(C)C(CNCc1sccc1N)C(C)C. The summed E-state index contributed by atoms with van der Waals surface area (Å²) < 4.78 is 0. The zero-order chi connectivity index (χ0) is 12.1. The number of hydrogen-bond acceptors (Lipinski definition) is 3. The molecule has 1 heterocycles. The van der Waals surface area contributed by atoms with E-state index in [-0.39, 0.29) is 0 Å². The van der Waals surface area contributed by atoms with Crippen molar-refractivity contribution in [3.63, 3.8) is 0 Å². The zero-order valence-electron chi connectivity index (χ0n) is 10.8. The summed E-state index contributed by atoms with van der Waals surface area (Å²) in [6.07, 6.45) is 0. The first-order valence-corrected chi connectivity index (χ1v) is 6.93. The van der Waals surface area contributed by atoms with Crippen molar-refractivity contribution < 1.29 is 0 Å². The van der Waals surface area contributed by atoms with Gasteiger partial charge in [-0.25, -0.2) is 0 Å². The maximum absolute atomic E-state index is 5.85. The first-order valence-electron chi connectivity index (χ1n) is 6.05. The van der Waals surface area contributed by atoms with Crippen LogP contribution in [0.1, 0.15) is 32.6 Å². The summed E-state index contributed by atoms with van der Waals surface area (Å²) in [4.78, 5) is 1.26. The van der Waals surface area contributed by atoms with Crippen LogP contribution in [0.2, 0.25) is 0 Å². The summed E-state index contributed by atoms with van der Waals surface area (Å²) in [6, 6.07) is 1.98. The molecule has 0 atom stereocenters. The van der Waals surface area contributed by atoms with Crippen molar-refractivity contribution >= 4 is 17.0 Å². The number of rotatable bonds is 6. The van der Waals surface area contributed by atoms with Gasteiger partial charge in [-0.1, -0.05) is 27.7 Å². The van der Waals surface area contributed by atoms with Crippen molar-refractivity contribution in [2.75, 3.05) is 12.3 Å². The Labute approximate surface area is 103 Å². The number of hydrogen-bond donors (Lipinski definition) is 2. The van der Waals surface area contributed by atoms with E-state index in [0.717, 1.165) is 36.5 Å². The van der Waals surface area contributed by atoms with Crippen molar-refractivity contribution in [2.24, 2.45) is 17.8 Å². The van der Waals surface area contributed by atoms with Crippen LogP contribution in [0.15, 0.2) is 11.4 Å². The molecule has 0 aliphatic rings. The molecule has 0 spiro atoms. The normalized spacial score (nSPS) is 11.9. The van der Waals surface area contributed by atoms with E-state index in [9.17, 15) is 0 Å². The third-order valence-electron chi connectivity index (χ3n) is 3.16. The highest BCUT2D eigenvalue weighted by molar-refractivity contribution is 7.10. The molecule has 1 aromatic rings. The Morgan fingerprint density at radius 3 is 2.31 bits per heavy atom. The van der Waals surface area contributed by atoms with Crippen LogP contribution in [0, 0.1) is 17.8 Å². The molecule has 0 bridgehead atoms. The number of nitrogens with one attached hydrogen (secondary N) is 1. The quantitative estimate of drug-likeness (QED) is 0.800. The molecule has 0 radical (unpaired) electrons. The molecule has 0 aliphatic carbocycles. The van der Waals surface area contributed by atoms with Crippen LogP contribution < -0.4 is 11.1 Å². The van der Waals surface area contributed by atoms with Crippen molar-refractivity contribution in [1.29, 1.82) is 0 Å². The second-order valence-corrected chi connectivity index (χ2v) is 6.08. The van der Waals surface area contributed by atoms with Crippen LogP contribution in [0.4, 0.5) is 5.69 Å². The molecule has 1 rings (SSSR count). The molecule has 3 heteroatoms. The molecule has 0 saturated carbocycles. The lowest BCUT2D eigenvalue weighted by Crippen LogP contribution is -2.29. The van der Waals surface area contributed by atoms with E-state index < -0.39 is 0 Å². The maximum Gasteiger partial charge on any atom is 0.0468 e. The lowest BCUT2D eigenvalue weighted by Gasteiger charge is -2.25. The molecule has 0 aromatic carbocycles. The Balaban J connectivity index is 2.37. The fourth-order valence-corrected chi connectivity index (χ4v) is 2.86. The summed E-state index contributed by atoms with van der Waals surface area (Å²) in [5.41, 5.74) is 6.77. The minimum absolute atomic E-state index is 0.730. The van der Waals surface area contributed by atoms with Crippen LogP contribution in [-0.2, 0) is 6.54 Å². The molecule has 0 saturated heterocycles. The Morgan fingerprint density at radius 2 is 1.88 bits per heavy atom. The van der Waals surface area contributed by atoms with Crippen molar-refractivity contribution in [3.05, 3.63) is 16.3 Å². The fraction of sp³-hybridized carbons (Fsp3) is 0.692. The van der Waals surface area contributed by atoms with Gasteiger partial charge in [0.05, 0.1) is 0 Å². The van der Waals surface area contributed by atoms with Gasteiger partial charge in [-0.3, -0.25) is 0 Å². The zero-order valence-corrected chi connectivity index (χ0v) is 11.6. The Kier molecular flexibility index (Phi) is 5.29. The first kappa shape index (κ1) is 13.5. The van der Waals surface area contributed by atoms with Gasteiger partial charge in [0.15, 0.2) is 0 Å². The van der Waals surface area contributed by atoms with Crippen molar-refractivity contribution in [1.82, 2.24) is 5.32 Å². The lowest BCUT2D eigenvalue weighted by molar-refractivity contribution is 0.276. The largest absolute Gasteiger partial charge is 0.398 e. The summed E-state index contributed by atoms with van der Waals surface area (Å²) >= 11 is 1.73. The second-order valence-electron chi connectivity index (χ2n) is 5.08. The van der Waals surface area contributed by atoms with Crippen LogP contribution in [0.3, 0.4) is 0 Å². The molecule has 0 amide bonds. The predicted octanol–water partition coefficient (Wildman–Crippen LogP) is 3.35. The van der Waals surface area contributed by atoms with Gasteiger partial charge in [-0.05, 0) is 35.7 Å². The minimum atomic E-state index is 0.730. The van der Waals surface area contributed by atoms with Gasteiger partial charge in [0, 0.05) is 17.1 Å². The van der Waals surface area contributed by atoms with Crippen LogP contribution in [-0.4, -0.2) is 6.54 Å². The van der Waals surface area contributed by atoms with E-state index in [1.807, 2.05) is 6.07 Å². The van der Waals surface area contributed by atoms with Crippen LogP contribution in [0.5, 0.6) is 0 Å². The standard InChI is InChI=1S/C13H24N2S/c1-9(2)11(10(3)4)7-15-8-13-12(14)5-6-16-13/h5-6,9-11,15H,7-8,14H2,1-4H3. The van der Waals surface area contributed by atoms with E-state index in [1.54, 1.807) is 11.3 Å². The molecule has 0 aliphatic heterocycles. The average Bonchev–Trinajstić information content (AvgIpc) is 2.57. The highest BCUT2D eigenvalue weighted by Crippen LogP contribution is 2.21. The van der Waals surface area contributed by atoms with Gasteiger partial charge in [-0.15, -0.1) is 11.3 Å². The lowest BCUT2D eigenvalue weighted by atomic mass is 9.85. The third kappa shape index (κ3) is 3.80. The van der Waals surface area contributed by atoms with E-state index in [4.69, 9.17) is 5.73 Å². The smallest absolute Gasteiger partial charge is 0.0468 e. The van der Waals surface area contributed by atoms with Crippen molar-refractivity contribution in [2.45, 2.75) is 34.2 Å². The summed E-state index contributed by atoms with van der Waals surface area (Å²) in [7, 11) is 0. The number of nitrogens with two attached hydrogens (primary N) is 1. The van der Waals surface area contributed by atoms with E-state index in [2.05, 4.69) is 38.4 Å². The Morgan fingerprint density at radius 1 is 1.25 bits per heavy atom. The van der Waals surface area contributed by atoms with Gasteiger partial charge >= 0.3 is 0 Å². The summed E-state index contributed by atoms with van der Waals surface area (Å²) in [5.74, 6) is 2.20. The van der Waals surface area contributed by atoms with Crippen LogP contribution >= 0.6 is 11.3 Å². The van der Waals surface area contributed by atoms with E-state index >= 15 is 0 Å². The summed E-state index contributed by atoms with van der Waals surface area (Å²) in [5, 5.41) is 5.57. The monoisotopic (exact) mass is 240 g/mol. The van der Waals surface area contributed by atoms with Gasteiger partial charge < -0.3 is 11.1 Å². The molecule has 2 nitrogen and oxygen atoms in total. The number of thiophene rings is 1. The average molecular weight is 240 g/mol. The second kappa shape index (κ2) is 6.26. The molecule has 1 aromatic heterocycles. The minimum Gasteiger partial charge on any atom is -0.398 e.